The minimum atomic E-state index is -0.990. The van der Waals surface area contributed by atoms with Crippen molar-refractivity contribution in [1.82, 2.24) is 24.5 Å². The molecular formula is C20H22FN7O3. The summed E-state index contributed by atoms with van der Waals surface area (Å²) in [6.07, 6.45) is 3.19. The van der Waals surface area contributed by atoms with Gasteiger partial charge in [0, 0.05) is 32.8 Å². The number of anilines is 3. The van der Waals surface area contributed by atoms with E-state index < -0.39 is 12.2 Å². The molecule has 0 aromatic carbocycles. The van der Waals surface area contributed by atoms with Crippen LogP contribution in [0.2, 0.25) is 0 Å². The highest BCUT2D eigenvalue weighted by atomic mass is 19.1. The third-order valence-corrected chi connectivity index (χ3v) is 5.60. The number of halogens is 1. The normalized spacial score (nSPS) is 24.1. The second-order valence-corrected chi connectivity index (χ2v) is 7.74. The number of pyridine rings is 1. The minimum absolute atomic E-state index is 0.0259. The number of fused-ring (bicyclic) bond motifs is 1. The molecule has 4 atom stereocenters. The van der Waals surface area contributed by atoms with Gasteiger partial charge in [0.2, 0.25) is 0 Å². The molecule has 2 aliphatic carbocycles. The van der Waals surface area contributed by atoms with Crippen molar-refractivity contribution in [1.29, 1.82) is 0 Å². The molecule has 0 spiro atoms. The number of carbonyl (C=O) groups excluding carboxylic acids is 1. The smallest absolute Gasteiger partial charge is 0.274 e. The number of amides is 1. The lowest BCUT2D eigenvalue weighted by atomic mass is 10.3. The summed E-state index contributed by atoms with van der Waals surface area (Å²) in [5, 5.41) is 13.2. The van der Waals surface area contributed by atoms with Crippen LogP contribution in [0, 0.1) is 0 Å². The zero-order chi connectivity index (χ0) is 21.7. The summed E-state index contributed by atoms with van der Waals surface area (Å²) in [7, 11) is 3.33. The van der Waals surface area contributed by atoms with Gasteiger partial charge >= 0.3 is 0 Å². The first-order valence-corrected chi connectivity index (χ1v) is 10.0. The van der Waals surface area contributed by atoms with Gasteiger partial charge in [-0.2, -0.15) is 9.61 Å². The molecule has 0 saturated heterocycles. The summed E-state index contributed by atoms with van der Waals surface area (Å²) in [6, 6.07) is 4.53. The molecule has 2 saturated carbocycles. The third kappa shape index (κ3) is 3.50. The summed E-state index contributed by atoms with van der Waals surface area (Å²) >= 11 is 0. The molecule has 5 rings (SSSR count). The van der Waals surface area contributed by atoms with Crippen LogP contribution in [-0.2, 0) is 4.74 Å². The quantitative estimate of drug-likeness (QED) is 0.523. The lowest BCUT2D eigenvalue weighted by Crippen LogP contribution is -2.28. The monoisotopic (exact) mass is 427 g/mol. The minimum Gasteiger partial charge on any atom is -0.379 e. The maximum absolute atomic E-state index is 13.4. The van der Waals surface area contributed by atoms with Gasteiger partial charge in [-0.3, -0.25) is 9.59 Å². The summed E-state index contributed by atoms with van der Waals surface area (Å²) < 4.78 is 21.6. The van der Waals surface area contributed by atoms with Gasteiger partial charge in [-0.05, 0) is 18.6 Å². The van der Waals surface area contributed by atoms with Crippen molar-refractivity contribution in [2.45, 2.75) is 37.2 Å². The maximum atomic E-state index is 13.4. The number of carbonyl (C=O) groups is 1. The Kier molecular flexibility index (Phi) is 4.62. The van der Waals surface area contributed by atoms with E-state index in [1.807, 2.05) is 0 Å². The van der Waals surface area contributed by atoms with Gasteiger partial charge < -0.3 is 25.3 Å². The van der Waals surface area contributed by atoms with Gasteiger partial charge in [-0.15, -0.1) is 0 Å². The molecule has 3 aromatic rings. The van der Waals surface area contributed by atoms with Gasteiger partial charge in [0.15, 0.2) is 5.65 Å². The molecule has 0 aliphatic heterocycles. The molecule has 31 heavy (non-hydrogen) atoms. The lowest BCUT2D eigenvalue weighted by Gasteiger charge is -2.11. The molecule has 0 bridgehead atoms. The summed E-state index contributed by atoms with van der Waals surface area (Å²) in [5.41, 5.74) is 0.590. The average molecular weight is 427 g/mol. The first-order chi connectivity index (χ1) is 15.0. The van der Waals surface area contributed by atoms with Crippen molar-refractivity contribution in [2.24, 2.45) is 0 Å². The Morgan fingerprint density at radius 1 is 1.35 bits per heavy atom. The van der Waals surface area contributed by atoms with E-state index in [4.69, 9.17) is 4.74 Å². The fourth-order valence-corrected chi connectivity index (χ4v) is 3.64. The first kappa shape index (κ1) is 19.5. The number of hydrogen-bond acceptors (Lipinski definition) is 7. The number of alkyl halides is 1. The van der Waals surface area contributed by atoms with Crippen LogP contribution in [0.1, 0.15) is 29.2 Å². The molecule has 1 unspecified atom stereocenters. The highest BCUT2D eigenvalue weighted by molar-refractivity contribution is 6.00. The van der Waals surface area contributed by atoms with E-state index in [0.717, 1.165) is 6.42 Å². The number of rotatable bonds is 7. The van der Waals surface area contributed by atoms with Crippen molar-refractivity contribution in [3.05, 3.63) is 46.5 Å². The van der Waals surface area contributed by atoms with Crippen molar-refractivity contribution in [3.8, 4) is 0 Å². The molecule has 1 amide bonds. The first-order valence-electron chi connectivity index (χ1n) is 10.0. The van der Waals surface area contributed by atoms with Crippen LogP contribution >= 0.6 is 0 Å². The van der Waals surface area contributed by atoms with Gasteiger partial charge in [-0.25, -0.2) is 9.37 Å². The Hall–Kier alpha value is -3.47. The van der Waals surface area contributed by atoms with E-state index in [-0.39, 0.29) is 29.3 Å². The molecule has 10 nitrogen and oxygen atoms in total. The molecular weight excluding hydrogens is 405 g/mol. The molecule has 162 valence electrons. The number of nitrogens with zero attached hydrogens (tertiary/aromatic N) is 4. The van der Waals surface area contributed by atoms with Gasteiger partial charge in [-0.1, -0.05) is 0 Å². The topological polar surface area (TPSA) is 115 Å². The number of aromatic nitrogens is 4. The summed E-state index contributed by atoms with van der Waals surface area (Å²) in [4.78, 5) is 30.0. The van der Waals surface area contributed by atoms with E-state index in [2.05, 4.69) is 26.0 Å². The average Bonchev–Trinajstić information content (AvgIpc) is 3.64. The van der Waals surface area contributed by atoms with Crippen molar-refractivity contribution in [3.63, 3.8) is 0 Å². The van der Waals surface area contributed by atoms with Crippen LogP contribution < -0.4 is 21.5 Å². The lowest BCUT2D eigenvalue weighted by molar-refractivity contribution is 0.0936. The van der Waals surface area contributed by atoms with Crippen molar-refractivity contribution >= 4 is 28.9 Å². The maximum Gasteiger partial charge on any atom is 0.274 e. The van der Waals surface area contributed by atoms with Crippen LogP contribution in [0.3, 0.4) is 0 Å². The van der Waals surface area contributed by atoms with Crippen LogP contribution in [-0.4, -0.2) is 57.5 Å². The Morgan fingerprint density at radius 2 is 2.16 bits per heavy atom. The SMILES string of the molecule is CNc1cc(Nc2cccn([C@H]3C[C@@H]3F)c2=O)nc2c(C(=O)NC3C[C@@H]3OC)cnn12. The van der Waals surface area contributed by atoms with E-state index in [9.17, 15) is 14.0 Å². The van der Waals surface area contributed by atoms with Crippen molar-refractivity contribution in [2.75, 3.05) is 24.8 Å². The number of methoxy groups -OCH3 is 1. The van der Waals surface area contributed by atoms with Crippen molar-refractivity contribution < 1.29 is 13.9 Å². The van der Waals surface area contributed by atoms with Gasteiger partial charge in [0.25, 0.3) is 11.5 Å². The van der Waals surface area contributed by atoms with E-state index in [0.29, 0.717) is 29.3 Å². The van der Waals surface area contributed by atoms with E-state index in [1.165, 1.54) is 15.3 Å². The standard InChI is InChI=1S/C20H22FN7O3/c1-22-17-8-16(24-12-4-3-5-27(20(12)30)14-6-11(14)21)26-18-10(9-23-28(17)18)19(29)25-13-7-15(13)31-2/h3-5,8-9,11,13-15,22H,6-7H2,1-2H3,(H,24,26)(H,25,29)/t11-,13?,14-,15-/m0/s1. The highest BCUT2D eigenvalue weighted by Crippen LogP contribution is 2.37. The molecule has 3 N–H and O–H groups in total. The third-order valence-electron chi connectivity index (χ3n) is 5.60. The van der Waals surface area contributed by atoms with Gasteiger partial charge in [0.1, 0.15) is 29.1 Å². The Morgan fingerprint density at radius 3 is 2.84 bits per heavy atom. The second-order valence-electron chi connectivity index (χ2n) is 7.74. The molecule has 3 aromatic heterocycles. The number of ether oxygens (including phenoxy) is 1. The molecule has 2 aliphatic rings. The highest BCUT2D eigenvalue weighted by Gasteiger charge is 2.40. The van der Waals surface area contributed by atoms with Crippen LogP contribution in [0.5, 0.6) is 0 Å². The molecule has 11 heteroatoms. The molecule has 2 fully saturated rings. The van der Waals surface area contributed by atoms with E-state index >= 15 is 0 Å². The fraction of sp³-hybridized carbons (Fsp3) is 0.400. The predicted octanol–water partition coefficient (Wildman–Crippen LogP) is 1.48. The molecule has 3 heterocycles. The molecule has 0 radical (unpaired) electrons. The number of nitrogens with one attached hydrogen (secondary N) is 3. The number of hydrogen-bond donors (Lipinski definition) is 3. The van der Waals surface area contributed by atoms with E-state index in [1.54, 1.807) is 38.6 Å². The zero-order valence-corrected chi connectivity index (χ0v) is 17.0. The zero-order valence-electron chi connectivity index (χ0n) is 17.0. The van der Waals surface area contributed by atoms with Crippen LogP contribution in [0.4, 0.5) is 21.7 Å². The van der Waals surface area contributed by atoms with Gasteiger partial charge in [0.05, 0.1) is 24.4 Å². The van der Waals surface area contributed by atoms with Crippen LogP contribution in [0.25, 0.3) is 5.65 Å². The van der Waals surface area contributed by atoms with Crippen LogP contribution in [0.15, 0.2) is 35.4 Å². The second kappa shape index (κ2) is 7.34. The Labute approximate surface area is 176 Å². The summed E-state index contributed by atoms with van der Waals surface area (Å²) in [5.74, 6) is 0.640. The predicted molar refractivity (Wildman–Crippen MR) is 112 cm³/mol. The largest absolute Gasteiger partial charge is 0.379 e. The summed E-state index contributed by atoms with van der Waals surface area (Å²) in [6.45, 7) is 0. The fourth-order valence-electron chi connectivity index (χ4n) is 3.64. The Balaban J connectivity index is 1.47. The Bertz CT molecular complexity index is 1220.